The number of hydrogen-bond donors (Lipinski definition) is 1. The van der Waals surface area contributed by atoms with Crippen molar-refractivity contribution in [3.63, 3.8) is 0 Å². The highest BCUT2D eigenvalue weighted by atomic mass is 16.4. The second-order valence-corrected chi connectivity index (χ2v) is 6.01. The maximum atomic E-state index is 5.66. The summed E-state index contributed by atoms with van der Waals surface area (Å²) < 4.78 is 5.66. The van der Waals surface area contributed by atoms with Crippen LogP contribution in [-0.4, -0.2) is 39.5 Å². The van der Waals surface area contributed by atoms with Gasteiger partial charge >= 0.3 is 0 Å². The Morgan fingerprint density at radius 2 is 2.18 bits per heavy atom. The van der Waals surface area contributed by atoms with Gasteiger partial charge in [0.1, 0.15) is 0 Å². The van der Waals surface area contributed by atoms with Gasteiger partial charge in [0.25, 0.3) is 0 Å². The van der Waals surface area contributed by atoms with Crippen LogP contribution in [0.4, 0.5) is 5.82 Å². The quantitative estimate of drug-likeness (QED) is 0.865. The van der Waals surface area contributed by atoms with Gasteiger partial charge in [-0.3, -0.25) is 0 Å². The molecule has 116 valence electrons. The van der Waals surface area contributed by atoms with E-state index in [1.54, 1.807) is 6.20 Å². The van der Waals surface area contributed by atoms with Crippen molar-refractivity contribution in [1.29, 1.82) is 0 Å². The van der Waals surface area contributed by atoms with E-state index in [2.05, 4.69) is 30.6 Å². The molecule has 1 atom stereocenters. The molecule has 0 aromatic carbocycles. The Labute approximate surface area is 129 Å². The maximum absolute atomic E-state index is 5.66. The molecule has 3 heterocycles. The third kappa shape index (κ3) is 2.94. The third-order valence-corrected chi connectivity index (χ3v) is 4.29. The zero-order valence-electron chi connectivity index (χ0n) is 12.5. The SMILES string of the molecule is c1cnnc(N2CCCC2CNCc2nnc(C3CC3)o2)c1. The molecule has 2 aromatic rings. The minimum Gasteiger partial charge on any atom is -0.424 e. The zero-order chi connectivity index (χ0) is 14.8. The Morgan fingerprint density at radius 1 is 1.23 bits per heavy atom. The van der Waals surface area contributed by atoms with Crippen molar-refractivity contribution >= 4 is 5.82 Å². The van der Waals surface area contributed by atoms with Crippen LogP contribution in [0.25, 0.3) is 0 Å². The summed E-state index contributed by atoms with van der Waals surface area (Å²) in [5.74, 6) is 2.97. The van der Waals surface area contributed by atoms with Gasteiger partial charge < -0.3 is 14.6 Å². The van der Waals surface area contributed by atoms with Gasteiger partial charge in [-0.05, 0) is 37.8 Å². The Balaban J connectivity index is 1.30. The predicted molar refractivity (Wildman–Crippen MR) is 80.4 cm³/mol. The summed E-state index contributed by atoms with van der Waals surface area (Å²) in [7, 11) is 0. The lowest BCUT2D eigenvalue weighted by atomic mass is 10.2. The summed E-state index contributed by atoms with van der Waals surface area (Å²) in [6, 6.07) is 4.40. The topological polar surface area (TPSA) is 80.0 Å². The van der Waals surface area contributed by atoms with Crippen LogP contribution in [0.1, 0.15) is 43.4 Å². The Bertz CT molecular complexity index is 612. The second kappa shape index (κ2) is 6.00. The van der Waals surface area contributed by atoms with Crippen molar-refractivity contribution in [2.24, 2.45) is 0 Å². The first-order valence-electron chi connectivity index (χ1n) is 7.97. The van der Waals surface area contributed by atoms with Crippen LogP contribution in [0.2, 0.25) is 0 Å². The van der Waals surface area contributed by atoms with E-state index in [1.807, 2.05) is 12.1 Å². The first-order chi connectivity index (χ1) is 10.9. The van der Waals surface area contributed by atoms with E-state index in [1.165, 1.54) is 25.7 Å². The van der Waals surface area contributed by atoms with Crippen LogP contribution in [0.3, 0.4) is 0 Å². The minimum atomic E-state index is 0.447. The lowest BCUT2D eigenvalue weighted by Crippen LogP contribution is -2.38. The van der Waals surface area contributed by atoms with Crippen molar-refractivity contribution in [2.45, 2.75) is 44.2 Å². The molecule has 0 bridgehead atoms. The van der Waals surface area contributed by atoms with E-state index in [0.29, 0.717) is 24.4 Å². The van der Waals surface area contributed by atoms with Crippen LogP contribution in [0, 0.1) is 0 Å². The number of rotatable bonds is 6. The summed E-state index contributed by atoms with van der Waals surface area (Å²) in [5.41, 5.74) is 0. The van der Waals surface area contributed by atoms with Gasteiger partial charge in [0.15, 0.2) is 5.82 Å². The lowest BCUT2D eigenvalue weighted by molar-refractivity contribution is 0.427. The van der Waals surface area contributed by atoms with Crippen molar-refractivity contribution in [2.75, 3.05) is 18.0 Å². The smallest absolute Gasteiger partial charge is 0.230 e. The number of anilines is 1. The van der Waals surface area contributed by atoms with E-state index >= 15 is 0 Å². The molecule has 1 N–H and O–H groups in total. The van der Waals surface area contributed by atoms with Gasteiger partial charge in [0, 0.05) is 31.2 Å². The van der Waals surface area contributed by atoms with Gasteiger partial charge in [0.2, 0.25) is 11.8 Å². The molecular weight excluding hydrogens is 280 g/mol. The van der Waals surface area contributed by atoms with Crippen LogP contribution < -0.4 is 10.2 Å². The molecule has 7 nitrogen and oxygen atoms in total. The molecule has 1 unspecified atom stereocenters. The lowest BCUT2D eigenvalue weighted by Gasteiger charge is -2.25. The number of nitrogens with one attached hydrogen (secondary N) is 1. The molecule has 2 aromatic heterocycles. The molecule has 1 saturated carbocycles. The zero-order valence-corrected chi connectivity index (χ0v) is 12.5. The Morgan fingerprint density at radius 3 is 3.00 bits per heavy atom. The molecule has 4 rings (SSSR count). The van der Waals surface area contributed by atoms with Crippen molar-refractivity contribution in [3.05, 3.63) is 30.1 Å². The molecule has 1 aliphatic carbocycles. The fraction of sp³-hybridized carbons (Fsp3) is 0.600. The van der Waals surface area contributed by atoms with Crippen molar-refractivity contribution in [1.82, 2.24) is 25.7 Å². The van der Waals surface area contributed by atoms with Crippen LogP contribution >= 0.6 is 0 Å². The molecule has 2 fully saturated rings. The predicted octanol–water partition coefficient (Wildman–Crippen LogP) is 1.50. The maximum Gasteiger partial charge on any atom is 0.230 e. The number of nitrogens with zero attached hydrogens (tertiary/aromatic N) is 5. The standard InChI is InChI=1S/C15H20N6O/c1-4-13(18-17-7-1)21-8-2-3-12(21)9-16-10-14-19-20-15(22-14)11-5-6-11/h1,4,7,11-12,16H,2-3,5-6,8-10H2. The molecule has 0 amide bonds. The summed E-state index contributed by atoms with van der Waals surface area (Å²) in [5, 5.41) is 19.8. The van der Waals surface area contributed by atoms with Gasteiger partial charge in [-0.1, -0.05) is 0 Å². The molecule has 2 aliphatic rings. The van der Waals surface area contributed by atoms with Crippen molar-refractivity contribution < 1.29 is 4.42 Å². The highest BCUT2D eigenvalue weighted by Gasteiger charge is 2.29. The summed E-state index contributed by atoms with van der Waals surface area (Å²) >= 11 is 0. The largest absolute Gasteiger partial charge is 0.424 e. The van der Waals surface area contributed by atoms with Crippen LogP contribution in [0.5, 0.6) is 0 Å². The van der Waals surface area contributed by atoms with E-state index in [9.17, 15) is 0 Å². The highest BCUT2D eigenvalue weighted by molar-refractivity contribution is 5.39. The normalized spacial score (nSPS) is 21.5. The monoisotopic (exact) mass is 300 g/mol. The summed E-state index contributed by atoms with van der Waals surface area (Å²) in [4.78, 5) is 2.32. The van der Waals surface area contributed by atoms with E-state index in [-0.39, 0.29) is 0 Å². The van der Waals surface area contributed by atoms with Crippen LogP contribution in [0.15, 0.2) is 22.7 Å². The van der Waals surface area contributed by atoms with Gasteiger partial charge in [0.05, 0.1) is 6.54 Å². The molecule has 1 saturated heterocycles. The first kappa shape index (κ1) is 13.6. The summed E-state index contributed by atoms with van der Waals surface area (Å²) in [6.45, 7) is 2.56. The fourth-order valence-corrected chi connectivity index (χ4v) is 2.98. The van der Waals surface area contributed by atoms with Gasteiger partial charge in [-0.2, -0.15) is 5.10 Å². The molecule has 0 radical (unpaired) electrons. The molecule has 1 aliphatic heterocycles. The molecule has 22 heavy (non-hydrogen) atoms. The minimum absolute atomic E-state index is 0.447. The van der Waals surface area contributed by atoms with Crippen molar-refractivity contribution in [3.8, 4) is 0 Å². The van der Waals surface area contributed by atoms with E-state index in [0.717, 1.165) is 24.8 Å². The highest BCUT2D eigenvalue weighted by Crippen LogP contribution is 2.38. The Hall–Kier alpha value is -2.02. The van der Waals surface area contributed by atoms with E-state index < -0.39 is 0 Å². The molecule has 7 heteroatoms. The second-order valence-electron chi connectivity index (χ2n) is 6.01. The molecular formula is C15H20N6O. The number of aromatic nitrogens is 4. The van der Waals surface area contributed by atoms with Crippen LogP contribution in [-0.2, 0) is 6.54 Å². The third-order valence-electron chi connectivity index (χ3n) is 4.29. The first-order valence-corrected chi connectivity index (χ1v) is 7.97. The molecule has 0 spiro atoms. The van der Waals surface area contributed by atoms with Gasteiger partial charge in [-0.15, -0.1) is 15.3 Å². The summed E-state index contributed by atoms with van der Waals surface area (Å²) in [6.07, 6.45) is 6.43. The van der Waals surface area contributed by atoms with Gasteiger partial charge in [-0.25, -0.2) is 0 Å². The average Bonchev–Trinajstić information content (AvgIpc) is 3.12. The number of hydrogen-bond acceptors (Lipinski definition) is 7. The fourth-order valence-electron chi connectivity index (χ4n) is 2.98. The average molecular weight is 300 g/mol. The van der Waals surface area contributed by atoms with E-state index in [4.69, 9.17) is 4.42 Å². The Kier molecular flexibility index (Phi) is 3.72.